The van der Waals surface area contributed by atoms with Crippen LogP contribution < -0.4 is 0 Å². The summed E-state index contributed by atoms with van der Waals surface area (Å²) in [4.78, 5) is 0.518. The predicted octanol–water partition coefficient (Wildman–Crippen LogP) is 7.41. The summed E-state index contributed by atoms with van der Waals surface area (Å²) < 4.78 is 21.0. The Hall–Kier alpha value is -0.190. The standard InChI is InChI=1S/C25H38O2S.Na.H/c1-2-3-4-5-6-7-8-9-10-11-12-13-14-17-22-18-15-20-24-23(22)19-16-21-25(24)28(26)27;;/h15-16,18-21H,2-14,17H2,1H3,(H,26,27);;. The summed E-state index contributed by atoms with van der Waals surface area (Å²) in [6, 6.07) is 11.8. The van der Waals surface area contributed by atoms with E-state index in [1.807, 2.05) is 18.2 Å². The van der Waals surface area contributed by atoms with Crippen molar-refractivity contribution >= 4 is 51.4 Å². The monoisotopic (exact) mass is 426 g/mol. The molecule has 4 heteroatoms. The van der Waals surface area contributed by atoms with Crippen LogP contribution in [-0.4, -0.2) is 38.3 Å². The first-order valence-electron chi connectivity index (χ1n) is 11.4. The van der Waals surface area contributed by atoms with Crippen molar-refractivity contribution in [2.24, 2.45) is 0 Å². The Morgan fingerprint density at radius 1 is 0.690 bits per heavy atom. The SMILES string of the molecule is CCCCCCCCCCCCCCCc1cccc2c(S(=O)O)cccc12.[NaH]. The van der Waals surface area contributed by atoms with Gasteiger partial charge in [-0.05, 0) is 29.9 Å². The van der Waals surface area contributed by atoms with Gasteiger partial charge >= 0.3 is 29.6 Å². The van der Waals surface area contributed by atoms with E-state index < -0.39 is 11.1 Å². The van der Waals surface area contributed by atoms with Crippen LogP contribution in [0.4, 0.5) is 0 Å². The summed E-state index contributed by atoms with van der Waals surface area (Å²) in [5, 5.41) is 2.04. The fourth-order valence-corrected chi connectivity index (χ4v) is 4.61. The van der Waals surface area contributed by atoms with Crippen LogP contribution in [-0.2, 0) is 17.5 Å². The zero-order valence-corrected chi connectivity index (χ0v) is 18.4. The van der Waals surface area contributed by atoms with Gasteiger partial charge in [0.05, 0.1) is 4.90 Å². The number of benzene rings is 2. The molecule has 158 valence electrons. The Morgan fingerprint density at radius 3 is 1.72 bits per heavy atom. The van der Waals surface area contributed by atoms with Gasteiger partial charge in [0.25, 0.3) is 0 Å². The van der Waals surface area contributed by atoms with Crippen LogP contribution in [0.2, 0.25) is 0 Å². The van der Waals surface area contributed by atoms with Crippen LogP contribution in [0.3, 0.4) is 0 Å². The van der Waals surface area contributed by atoms with Gasteiger partial charge in [-0.1, -0.05) is 114 Å². The fourth-order valence-electron chi connectivity index (χ4n) is 4.05. The van der Waals surface area contributed by atoms with E-state index in [1.54, 1.807) is 6.07 Å². The second-order valence-corrected chi connectivity index (χ2v) is 8.95. The predicted molar refractivity (Wildman–Crippen MR) is 130 cm³/mol. The average molecular weight is 427 g/mol. The van der Waals surface area contributed by atoms with E-state index in [2.05, 4.69) is 19.1 Å². The first-order valence-corrected chi connectivity index (χ1v) is 12.5. The van der Waals surface area contributed by atoms with Gasteiger partial charge in [0.1, 0.15) is 0 Å². The first-order chi connectivity index (χ1) is 13.7. The van der Waals surface area contributed by atoms with Crippen LogP contribution in [0.15, 0.2) is 41.3 Å². The van der Waals surface area contributed by atoms with Crippen LogP contribution in [0.1, 0.15) is 96.0 Å². The summed E-state index contributed by atoms with van der Waals surface area (Å²) >= 11 is -1.93. The maximum atomic E-state index is 11.5. The van der Waals surface area contributed by atoms with E-state index in [-0.39, 0.29) is 29.6 Å². The number of unbranched alkanes of at least 4 members (excludes halogenated alkanes) is 12. The minimum atomic E-state index is -1.93. The average Bonchev–Trinajstić information content (AvgIpc) is 2.71. The molecule has 0 saturated heterocycles. The molecule has 1 atom stereocenters. The molecule has 2 aromatic rings. The fraction of sp³-hybridized carbons (Fsp3) is 0.600. The molecule has 0 amide bonds. The molecule has 0 fully saturated rings. The Labute approximate surface area is 202 Å². The molecule has 2 nitrogen and oxygen atoms in total. The topological polar surface area (TPSA) is 37.3 Å². The second-order valence-electron chi connectivity index (χ2n) is 8.01. The molecule has 29 heavy (non-hydrogen) atoms. The Balaban J connectivity index is 0.00000420. The molecule has 0 aliphatic carbocycles. The van der Waals surface area contributed by atoms with Gasteiger partial charge in [0.15, 0.2) is 11.1 Å². The molecule has 0 bridgehead atoms. The summed E-state index contributed by atoms with van der Waals surface area (Å²) in [5.41, 5.74) is 1.30. The zero-order valence-electron chi connectivity index (χ0n) is 17.6. The molecule has 0 radical (unpaired) electrons. The third-order valence-electron chi connectivity index (χ3n) is 5.71. The molecule has 1 N–H and O–H groups in total. The van der Waals surface area contributed by atoms with Crippen LogP contribution in [0.25, 0.3) is 10.8 Å². The van der Waals surface area contributed by atoms with Crippen molar-refractivity contribution in [1.82, 2.24) is 0 Å². The first kappa shape index (κ1) is 26.8. The summed E-state index contributed by atoms with van der Waals surface area (Å²) in [7, 11) is 0. The number of aryl methyl sites for hydroxylation is 1. The summed E-state index contributed by atoms with van der Waals surface area (Å²) in [6.07, 6.45) is 18.9. The van der Waals surface area contributed by atoms with E-state index in [9.17, 15) is 8.76 Å². The van der Waals surface area contributed by atoms with E-state index in [1.165, 1.54) is 89.0 Å². The van der Waals surface area contributed by atoms with Gasteiger partial charge in [-0.2, -0.15) is 0 Å². The molecular weight excluding hydrogens is 387 g/mol. The van der Waals surface area contributed by atoms with Gasteiger partial charge in [-0.3, -0.25) is 0 Å². The Bertz CT molecular complexity index is 717. The van der Waals surface area contributed by atoms with Crippen molar-refractivity contribution in [3.05, 3.63) is 42.0 Å². The van der Waals surface area contributed by atoms with E-state index in [4.69, 9.17) is 0 Å². The third-order valence-corrected chi connectivity index (χ3v) is 6.44. The molecule has 0 aliphatic rings. The molecular formula is C25H39NaO2S. The van der Waals surface area contributed by atoms with Gasteiger partial charge in [0, 0.05) is 5.39 Å². The third kappa shape index (κ3) is 10.1. The van der Waals surface area contributed by atoms with Gasteiger partial charge in [0.2, 0.25) is 0 Å². The molecule has 2 rings (SSSR count). The van der Waals surface area contributed by atoms with Crippen LogP contribution in [0.5, 0.6) is 0 Å². The number of hydrogen-bond donors (Lipinski definition) is 1. The molecule has 2 aromatic carbocycles. The van der Waals surface area contributed by atoms with Crippen LogP contribution >= 0.6 is 0 Å². The second kappa shape index (κ2) is 16.5. The van der Waals surface area contributed by atoms with Crippen molar-refractivity contribution in [2.45, 2.75) is 102 Å². The van der Waals surface area contributed by atoms with E-state index in [0.717, 1.165) is 17.2 Å². The number of fused-ring (bicyclic) bond motifs is 1. The maximum absolute atomic E-state index is 11.5. The zero-order chi connectivity index (χ0) is 20.0. The van der Waals surface area contributed by atoms with Gasteiger partial charge in [-0.25, -0.2) is 4.21 Å². The van der Waals surface area contributed by atoms with Gasteiger partial charge in [-0.15, -0.1) is 0 Å². The van der Waals surface area contributed by atoms with Gasteiger partial charge < -0.3 is 4.55 Å². The summed E-state index contributed by atoms with van der Waals surface area (Å²) in [6.45, 7) is 2.28. The number of hydrogen-bond acceptors (Lipinski definition) is 1. The summed E-state index contributed by atoms with van der Waals surface area (Å²) in [5.74, 6) is 0. The molecule has 1 unspecified atom stereocenters. The molecule has 0 aromatic heterocycles. The number of rotatable bonds is 15. The molecule has 0 aliphatic heterocycles. The Morgan fingerprint density at radius 2 is 1.17 bits per heavy atom. The van der Waals surface area contributed by atoms with Crippen molar-refractivity contribution in [3.8, 4) is 0 Å². The van der Waals surface area contributed by atoms with Crippen LogP contribution in [0, 0.1) is 0 Å². The van der Waals surface area contributed by atoms with Crippen molar-refractivity contribution < 1.29 is 8.76 Å². The van der Waals surface area contributed by atoms with E-state index >= 15 is 0 Å². The molecule has 0 heterocycles. The minimum absolute atomic E-state index is 0. The van der Waals surface area contributed by atoms with Crippen molar-refractivity contribution in [2.75, 3.05) is 0 Å². The van der Waals surface area contributed by atoms with Crippen molar-refractivity contribution in [3.63, 3.8) is 0 Å². The molecule has 0 saturated carbocycles. The Kier molecular flexibility index (Phi) is 15.3. The molecule has 0 spiro atoms. The van der Waals surface area contributed by atoms with Crippen molar-refractivity contribution in [1.29, 1.82) is 0 Å². The quantitative estimate of drug-likeness (QED) is 0.183. The van der Waals surface area contributed by atoms with E-state index in [0.29, 0.717) is 4.90 Å². The normalized spacial score (nSPS) is 12.1.